The van der Waals surface area contributed by atoms with Gasteiger partial charge >= 0.3 is 0 Å². The Bertz CT molecular complexity index is 500. The van der Waals surface area contributed by atoms with Crippen molar-refractivity contribution < 1.29 is 9.53 Å². The molecule has 21 heavy (non-hydrogen) atoms. The number of carbonyl (C=O) groups is 1. The van der Waals surface area contributed by atoms with Crippen LogP contribution in [0, 0.1) is 0 Å². The van der Waals surface area contributed by atoms with Gasteiger partial charge in [-0.15, -0.1) is 0 Å². The number of rotatable bonds is 4. The van der Waals surface area contributed by atoms with Crippen LogP contribution in [0.15, 0.2) is 24.3 Å². The predicted octanol–water partition coefficient (Wildman–Crippen LogP) is 3.08. The summed E-state index contributed by atoms with van der Waals surface area (Å²) < 4.78 is 5.47. The largest absolute Gasteiger partial charge is 0.379 e. The van der Waals surface area contributed by atoms with Crippen LogP contribution in [0.25, 0.3) is 0 Å². The molecule has 0 unspecified atom stereocenters. The molecule has 0 N–H and O–H groups in total. The summed E-state index contributed by atoms with van der Waals surface area (Å²) in [5.41, 5.74) is 1.87. The van der Waals surface area contributed by atoms with Gasteiger partial charge in [0.1, 0.15) is 0 Å². The van der Waals surface area contributed by atoms with E-state index in [0.29, 0.717) is 5.78 Å². The van der Waals surface area contributed by atoms with Crippen LogP contribution in [0.5, 0.6) is 0 Å². The second-order valence-corrected chi connectivity index (χ2v) is 6.22. The van der Waals surface area contributed by atoms with E-state index in [9.17, 15) is 4.79 Å². The summed E-state index contributed by atoms with van der Waals surface area (Å²) in [6.07, 6.45) is 5.31. The Labute approximate surface area is 127 Å². The van der Waals surface area contributed by atoms with E-state index in [-0.39, 0.29) is 5.54 Å². The molecule has 1 aromatic carbocycles. The molecule has 1 saturated heterocycles. The number of ketones is 1. The molecule has 2 fully saturated rings. The van der Waals surface area contributed by atoms with Gasteiger partial charge < -0.3 is 4.74 Å². The Morgan fingerprint density at radius 2 is 1.95 bits per heavy atom. The second kappa shape index (κ2) is 6.29. The number of ether oxygens (including phenoxy) is 1. The van der Waals surface area contributed by atoms with Crippen molar-refractivity contribution in [2.75, 3.05) is 26.3 Å². The van der Waals surface area contributed by atoms with Crippen molar-refractivity contribution in [2.24, 2.45) is 0 Å². The first-order valence-electron chi connectivity index (χ1n) is 8.23. The van der Waals surface area contributed by atoms with Crippen LogP contribution in [0.4, 0.5) is 0 Å². The van der Waals surface area contributed by atoms with E-state index in [1.165, 1.54) is 5.56 Å². The van der Waals surface area contributed by atoms with Crippen molar-refractivity contribution in [3.63, 3.8) is 0 Å². The van der Waals surface area contributed by atoms with Crippen LogP contribution in [-0.2, 0) is 11.2 Å². The van der Waals surface area contributed by atoms with Gasteiger partial charge in [0, 0.05) is 18.7 Å². The number of Topliss-reactive ketones (excluding diaryl/α,β-unsaturated/α-hetero) is 1. The molecule has 0 spiro atoms. The molecule has 1 aliphatic heterocycles. The van der Waals surface area contributed by atoms with E-state index in [4.69, 9.17) is 4.74 Å². The Hall–Kier alpha value is -1.19. The van der Waals surface area contributed by atoms with Crippen molar-refractivity contribution in [1.29, 1.82) is 0 Å². The fourth-order valence-corrected chi connectivity index (χ4v) is 3.84. The number of aryl methyl sites for hydroxylation is 1. The third-order valence-electron chi connectivity index (χ3n) is 5.07. The lowest BCUT2D eigenvalue weighted by Crippen LogP contribution is -2.56. The van der Waals surface area contributed by atoms with Gasteiger partial charge in [-0.3, -0.25) is 9.69 Å². The molecule has 0 aromatic heterocycles. The maximum absolute atomic E-state index is 13.3. The first-order chi connectivity index (χ1) is 10.3. The fraction of sp³-hybridized carbons (Fsp3) is 0.611. The zero-order valence-electron chi connectivity index (χ0n) is 12.9. The first-order valence-corrected chi connectivity index (χ1v) is 8.23. The van der Waals surface area contributed by atoms with Crippen LogP contribution in [0.2, 0.25) is 0 Å². The van der Waals surface area contributed by atoms with Gasteiger partial charge in [-0.05, 0) is 30.9 Å². The Morgan fingerprint density at radius 1 is 1.24 bits per heavy atom. The molecular weight excluding hydrogens is 262 g/mol. The third kappa shape index (κ3) is 2.77. The van der Waals surface area contributed by atoms with Gasteiger partial charge in [0.05, 0.1) is 18.8 Å². The highest BCUT2D eigenvalue weighted by atomic mass is 16.5. The summed E-state index contributed by atoms with van der Waals surface area (Å²) in [5, 5.41) is 0. The molecular formula is C18H25NO2. The van der Waals surface area contributed by atoms with Crippen molar-refractivity contribution in [3.05, 3.63) is 35.4 Å². The topological polar surface area (TPSA) is 29.5 Å². The second-order valence-electron chi connectivity index (χ2n) is 6.22. The highest BCUT2D eigenvalue weighted by molar-refractivity contribution is 6.03. The molecule has 3 rings (SSSR count). The lowest BCUT2D eigenvalue weighted by atomic mass is 9.85. The average Bonchev–Trinajstić information content (AvgIpc) is 3.06. The van der Waals surface area contributed by atoms with Crippen molar-refractivity contribution >= 4 is 5.78 Å². The highest BCUT2D eigenvalue weighted by Crippen LogP contribution is 2.38. The number of nitrogens with zero attached hydrogens (tertiary/aromatic N) is 1. The average molecular weight is 287 g/mol. The van der Waals surface area contributed by atoms with E-state index < -0.39 is 0 Å². The van der Waals surface area contributed by atoms with Crippen LogP contribution in [0.1, 0.15) is 48.5 Å². The lowest BCUT2D eigenvalue weighted by Gasteiger charge is -2.42. The molecule has 2 aliphatic rings. The molecule has 3 nitrogen and oxygen atoms in total. The van der Waals surface area contributed by atoms with Crippen LogP contribution in [0.3, 0.4) is 0 Å². The van der Waals surface area contributed by atoms with Crippen molar-refractivity contribution in [1.82, 2.24) is 4.90 Å². The van der Waals surface area contributed by atoms with E-state index in [0.717, 1.165) is 64.0 Å². The summed E-state index contributed by atoms with van der Waals surface area (Å²) >= 11 is 0. The number of benzene rings is 1. The standard InChI is InChI=1S/C18H25NO2/c1-2-15-6-5-7-16(14-15)17(20)18(8-3-4-9-18)19-10-12-21-13-11-19/h5-7,14H,2-4,8-13H2,1H3. The van der Waals surface area contributed by atoms with E-state index in [1.54, 1.807) is 0 Å². The third-order valence-corrected chi connectivity index (χ3v) is 5.07. The molecule has 1 aromatic rings. The zero-order chi connectivity index (χ0) is 14.7. The van der Waals surface area contributed by atoms with Gasteiger partial charge in [-0.1, -0.05) is 38.0 Å². The minimum Gasteiger partial charge on any atom is -0.379 e. The van der Waals surface area contributed by atoms with Crippen molar-refractivity contribution in [2.45, 2.75) is 44.6 Å². The molecule has 0 atom stereocenters. The minimum absolute atomic E-state index is 0.268. The van der Waals surface area contributed by atoms with Gasteiger partial charge in [-0.2, -0.15) is 0 Å². The van der Waals surface area contributed by atoms with E-state index >= 15 is 0 Å². The van der Waals surface area contributed by atoms with Crippen LogP contribution >= 0.6 is 0 Å². The predicted molar refractivity (Wildman–Crippen MR) is 83.7 cm³/mol. The monoisotopic (exact) mass is 287 g/mol. The summed E-state index contributed by atoms with van der Waals surface area (Å²) in [4.78, 5) is 15.6. The zero-order valence-corrected chi connectivity index (χ0v) is 12.9. The summed E-state index contributed by atoms with van der Waals surface area (Å²) in [6.45, 7) is 5.42. The van der Waals surface area contributed by atoms with Crippen molar-refractivity contribution in [3.8, 4) is 0 Å². The lowest BCUT2D eigenvalue weighted by molar-refractivity contribution is -0.0130. The van der Waals surface area contributed by atoms with Crippen LogP contribution < -0.4 is 0 Å². The summed E-state index contributed by atoms with van der Waals surface area (Å²) in [5.74, 6) is 0.331. The number of hydrogen-bond acceptors (Lipinski definition) is 3. The molecule has 1 aliphatic carbocycles. The summed E-state index contributed by atoms with van der Waals surface area (Å²) in [6, 6.07) is 8.20. The smallest absolute Gasteiger partial charge is 0.183 e. The normalized spacial score (nSPS) is 22.3. The maximum Gasteiger partial charge on any atom is 0.183 e. The SMILES string of the molecule is CCc1cccc(C(=O)C2(N3CCOCC3)CCCC2)c1. The number of morpholine rings is 1. The summed E-state index contributed by atoms with van der Waals surface area (Å²) in [7, 11) is 0. The minimum atomic E-state index is -0.268. The highest BCUT2D eigenvalue weighted by Gasteiger charge is 2.46. The molecule has 114 valence electrons. The van der Waals surface area contributed by atoms with E-state index in [1.807, 2.05) is 12.1 Å². The first kappa shape index (κ1) is 14.7. The Balaban J connectivity index is 1.90. The van der Waals surface area contributed by atoms with Crippen LogP contribution in [-0.4, -0.2) is 42.5 Å². The Kier molecular flexibility index (Phi) is 4.41. The Morgan fingerprint density at radius 3 is 2.62 bits per heavy atom. The molecule has 0 radical (unpaired) electrons. The fourth-order valence-electron chi connectivity index (χ4n) is 3.84. The van der Waals surface area contributed by atoms with E-state index in [2.05, 4.69) is 24.0 Å². The van der Waals surface area contributed by atoms with Gasteiger partial charge in [0.25, 0.3) is 0 Å². The maximum atomic E-state index is 13.3. The van der Waals surface area contributed by atoms with Gasteiger partial charge in [0.15, 0.2) is 5.78 Å². The van der Waals surface area contributed by atoms with Gasteiger partial charge in [-0.25, -0.2) is 0 Å². The van der Waals surface area contributed by atoms with Gasteiger partial charge in [0.2, 0.25) is 0 Å². The molecule has 3 heteroatoms. The molecule has 1 heterocycles. The number of carbonyl (C=O) groups excluding carboxylic acids is 1. The molecule has 1 saturated carbocycles. The number of hydrogen-bond donors (Lipinski definition) is 0. The molecule has 0 amide bonds. The molecule has 0 bridgehead atoms. The quantitative estimate of drug-likeness (QED) is 0.797.